The van der Waals surface area contributed by atoms with Crippen molar-refractivity contribution in [1.29, 1.82) is 0 Å². The van der Waals surface area contributed by atoms with Gasteiger partial charge in [-0.15, -0.1) is 0 Å². The molecule has 4 heteroatoms. The third-order valence-electron chi connectivity index (χ3n) is 4.97. The Morgan fingerprint density at radius 3 is 2.46 bits per heavy atom. The number of fused-ring (bicyclic) bond motifs is 1. The van der Waals surface area contributed by atoms with Crippen LogP contribution in [0.2, 0.25) is 0 Å². The van der Waals surface area contributed by atoms with Crippen LogP contribution in [0.25, 0.3) is 10.8 Å². The van der Waals surface area contributed by atoms with Gasteiger partial charge in [0.15, 0.2) is 0 Å². The van der Waals surface area contributed by atoms with Crippen molar-refractivity contribution in [2.24, 2.45) is 0 Å². The Morgan fingerprint density at radius 1 is 0.885 bits per heavy atom. The van der Waals surface area contributed by atoms with Gasteiger partial charge in [-0.1, -0.05) is 72.8 Å². The van der Waals surface area contributed by atoms with E-state index in [1.807, 2.05) is 48.5 Å². The van der Waals surface area contributed by atoms with E-state index in [1.165, 1.54) is 16.3 Å². The Balaban J connectivity index is 1.61. The largest absolute Gasteiger partial charge is 0.345 e. The van der Waals surface area contributed by atoms with Gasteiger partial charge in [0.25, 0.3) is 0 Å². The Labute approximate surface area is 152 Å². The summed E-state index contributed by atoms with van der Waals surface area (Å²) in [5, 5.41) is 5.09. The molecule has 1 aliphatic heterocycles. The average molecular weight is 344 g/mol. The first-order chi connectivity index (χ1) is 12.7. The molecule has 0 saturated carbocycles. The van der Waals surface area contributed by atoms with E-state index in [0.717, 1.165) is 5.56 Å². The topological polar surface area (TPSA) is 49.4 Å². The van der Waals surface area contributed by atoms with Gasteiger partial charge in [-0.3, -0.25) is 9.59 Å². The van der Waals surface area contributed by atoms with Gasteiger partial charge in [0.2, 0.25) is 0 Å². The van der Waals surface area contributed by atoms with Gasteiger partial charge in [0.05, 0.1) is 6.04 Å². The molecule has 0 bridgehead atoms. The second-order valence-electron chi connectivity index (χ2n) is 6.52. The third kappa shape index (κ3) is 3.06. The van der Waals surface area contributed by atoms with Crippen LogP contribution in [-0.2, 0) is 16.0 Å². The van der Waals surface area contributed by atoms with Crippen LogP contribution in [-0.4, -0.2) is 29.8 Å². The first kappa shape index (κ1) is 16.3. The summed E-state index contributed by atoms with van der Waals surface area (Å²) in [6, 6.07) is 24.2. The molecule has 1 aliphatic rings. The minimum atomic E-state index is -0.518. The van der Waals surface area contributed by atoms with Crippen LogP contribution in [0.4, 0.5) is 0 Å². The number of hydrogen-bond donors (Lipinski definition) is 1. The van der Waals surface area contributed by atoms with Crippen LogP contribution in [0.15, 0.2) is 72.8 Å². The summed E-state index contributed by atoms with van der Waals surface area (Å²) in [5.74, 6) is -0.972. The Bertz CT molecular complexity index is 947. The maximum Gasteiger partial charge on any atom is 0.312 e. The maximum atomic E-state index is 12.5. The molecule has 1 heterocycles. The van der Waals surface area contributed by atoms with Crippen LogP contribution in [0.3, 0.4) is 0 Å². The molecule has 0 radical (unpaired) electrons. The Morgan fingerprint density at radius 2 is 1.62 bits per heavy atom. The summed E-state index contributed by atoms with van der Waals surface area (Å²) < 4.78 is 0. The lowest BCUT2D eigenvalue weighted by Gasteiger charge is -2.35. The first-order valence-corrected chi connectivity index (χ1v) is 8.84. The van der Waals surface area contributed by atoms with E-state index in [1.54, 1.807) is 4.90 Å². The van der Waals surface area contributed by atoms with Gasteiger partial charge in [-0.25, -0.2) is 0 Å². The standard InChI is InChI=1S/C22H20N2O2/c25-21-22(26)24(20(15-23-21)18-8-2-1-3-9-18)14-13-17-11-6-10-16-7-4-5-12-19(16)17/h1-12,20H,13-15H2,(H,23,25)/t20-/m1/s1. The summed E-state index contributed by atoms with van der Waals surface area (Å²) in [4.78, 5) is 26.1. The van der Waals surface area contributed by atoms with Crippen molar-refractivity contribution in [3.8, 4) is 0 Å². The van der Waals surface area contributed by atoms with Crippen molar-refractivity contribution in [3.63, 3.8) is 0 Å². The van der Waals surface area contributed by atoms with E-state index in [2.05, 4.69) is 29.6 Å². The van der Waals surface area contributed by atoms with Crippen molar-refractivity contribution in [2.45, 2.75) is 12.5 Å². The highest BCUT2D eigenvalue weighted by Crippen LogP contribution is 2.25. The number of nitrogens with one attached hydrogen (secondary N) is 1. The van der Waals surface area contributed by atoms with Crippen LogP contribution < -0.4 is 5.32 Å². The third-order valence-corrected chi connectivity index (χ3v) is 4.97. The lowest BCUT2D eigenvalue weighted by atomic mass is 9.99. The van der Waals surface area contributed by atoms with E-state index in [4.69, 9.17) is 0 Å². The van der Waals surface area contributed by atoms with Crippen molar-refractivity contribution in [3.05, 3.63) is 83.9 Å². The molecular weight excluding hydrogens is 324 g/mol. The van der Waals surface area contributed by atoms with E-state index < -0.39 is 11.8 Å². The van der Waals surface area contributed by atoms with E-state index >= 15 is 0 Å². The van der Waals surface area contributed by atoms with E-state index in [0.29, 0.717) is 19.5 Å². The van der Waals surface area contributed by atoms with Crippen LogP contribution >= 0.6 is 0 Å². The highest BCUT2D eigenvalue weighted by atomic mass is 16.2. The van der Waals surface area contributed by atoms with E-state index in [9.17, 15) is 9.59 Å². The van der Waals surface area contributed by atoms with Gasteiger partial charge in [0, 0.05) is 13.1 Å². The SMILES string of the molecule is O=C1NC[C@H](c2ccccc2)N(CCc2cccc3ccccc23)C1=O. The van der Waals surface area contributed by atoms with Gasteiger partial charge in [-0.2, -0.15) is 0 Å². The predicted molar refractivity (Wildman–Crippen MR) is 102 cm³/mol. The molecule has 0 spiro atoms. The van der Waals surface area contributed by atoms with Crippen LogP contribution in [0, 0.1) is 0 Å². The lowest BCUT2D eigenvalue weighted by Crippen LogP contribution is -2.54. The minimum absolute atomic E-state index is 0.128. The highest BCUT2D eigenvalue weighted by Gasteiger charge is 2.34. The van der Waals surface area contributed by atoms with Gasteiger partial charge < -0.3 is 10.2 Å². The summed E-state index contributed by atoms with van der Waals surface area (Å²) in [5.41, 5.74) is 2.23. The first-order valence-electron chi connectivity index (χ1n) is 8.84. The second-order valence-corrected chi connectivity index (χ2v) is 6.52. The van der Waals surface area contributed by atoms with Crippen molar-refractivity contribution >= 4 is 22.6 Å². The molecule has 0 unspecified atom stereocenters. The molecule has 130 valence electrons. The molecule has 3 aromatic carbocycles. The Hall–Kier alpha value is -3.14. The summed E-state index contributed by atoms with van der Waals surface area (Å²) >= 11 is 0. The molecule has 0 aliphatic carbocycles. The number of carbonyl (C=O) groups excluding carboxylic acids is 2. The molecule has 0 aromatic heterocycles. The zero-order chi connectivity index (χ0) is 17.9. The smallest absolute Gasteiger partial charge is 0.312 e. The summed E-state index contributed by atoms with van der Waals surface area (Å²) in [7, 11) is 0. The van der Waals surface area contributed by atoms with Crippen molar-refractivity contribution in [1.82, 2.24) is 10.2 Å². The monoisotopic (exact) mass is 344 g/mol. The number of amides is 2. The summed E-state index contributed by atoms with van der Waals surface area (Å²) in [6.07, 6.45) is 0.712. The molecular formula is C22H20N2O2. The van der Waals surface area contributed by atoms with E-state index in [-0.39, 0.29) is 6.04 Å². The Kier molecular flexibility index (Phi) is 4.40. The molecule has 2 amide bonds. The molecule has 4 rings (SSSR count). The lowest BCUT2D eigenvalue weighted by molar-refractivity contribution is -0.150. The predicted octanol–water partition coefficient (Wildman–Crippen LogP) is 3.08. The number of nitrogens with zero attached hydrogens (tertiary/aromatic N) is 1. The number of carbonyl (C=O) groups is 2. The molecule has 1 saturated heterocycles. The fourth-order valence-corrected chi connectivity index (χ4v) is 3.63. The number of rotatable bonds is 4. The van der Waals surface area contributed by atoms with Crippen LogP contribution in [0.1, 0.15) is 17.2 Å². The van der Waals surface area contributed by atoms with Crippen molar-refractivity contribution in [2.75, 3.05) is 13.1 Å². The number of hydrogen-bond acceptors (Lipinski definition) is 2. The average Bonchev–Trinajstić information content (AvgIpc) is 2.70. The molecule has 3 aromatic rings. The quantitative estimate of drug-likeness (QED) is 0.740. The van der Waals surface area contributed by atoms with Gasteiger partial charge >= 0.3 is 11.8 Å². The fraction of sp³-hybridized carbons (Fsp3) is 0.182. The summed E-state index contributed by atoms with van der Waals surface area (Å²) in [6.45, 7) is 0.962. The molecule has 26 heavy (non-hydrogen) atoms. The highest BCUT2D eigenvalue weighted by molar-refractivity contribution is 6.35. The molecule has 1 N–H and O–H groups in total. The molecule has 1 fully saturated rings. The minimum Gasteiger partial charge on any atom is -0.345 e. The van der Waals surface area contributed by atoms with Gasteiger partial charge in [-0.05, 0) is 28.3 Å². The zero-order valence-corrected chi connectivity index (χ0v) is 14.4. The number of benzene rings is 3. The fourth-order valence-electron chi connectivity index (χ4n) is 3.63. The van der Waals surface area contributed by atoms with Gasteiger partial charge in [0.1, 0.15) is 0 Å². The molecule has 1 atom stereocenters. The molecule has 4 nitrogen and oxygen atoms in total. The normalized spacial score (nSPS) is 17.4. The second kappa shape index (κ2) is 7.00. The number of piperazine rings is 1. The van der Waals surface area contributed by atoms with Crippen molar-refractivity contribution < 1.29 is 9.59 Å². The maximum absolute atomic E-state index is 12.5. The zero-order valence-electron chi connectivity index (χ0n) is 14.4. The van der Waals surface area contributed by atoms with Crippen LogP contribution in [0.5, 0.6) is 0 Å².